The minimum atomic E-state index is -0.326. The zero-order valence-corrected chi connectivity index (χ0v) is 16.7. The van der Waals surface area contributed by atoms with E-state index in [9.17, 15) is 14.9 Å². The van der Waals surface area contributed by atoms with Gasteiger partial charge in [0.25, 0.3) is 11.6 Å². The van der Waals surface area contributed by atoms with E-state index in [1.165, 1.54) is 4.90 Å². The molecular formula is C24H24N3O3+. The Kier molecular flexibility index (Phi) is 5.86. The zero-order valence-electron chi connectivity index (χ0n) is 16.7. The molecule has 30 heavy (non-hydrogen) atoms. The molecule has 1 N–H and O–H groups in total. The van der Waals surface area contributed by atoms with Gasteiger partial charge < -0.3 is 9.80 Å². The number of carbonyl (C=O) groups is 1. The van der Waals surface area contributed by atoms with Gasteiger partial charge in [-0.05, 0) is 29.3 Å². The number of nitrogens with zero attached hydrogens (tertiary/aromatic N) is 2. The molecular weight excluding hydrogens is 378 g/mol. The fraction of sp³-hybridized carbons (Fsp3) is 0.208. The van der Waals surface area contributed by atoms with E-state index in [1.54, 1.807) is 12.1 Å². The highest BCUT2D eigenvalue weighted by molar-refractivity contribution is 5.94. The number of benzene rings is 3. The van der Waals surface area contributed by atoms with Crippen LogP contribution in [0.15, 0.2) is 78.9 Å². The molecule has 6 heteroatoms. The van der Waals surface area contributed by atoms with Gasteiger partial charge in [-0.1, -0.05) is 54.6 Å². The topological polar surface area (TPSA) is 67.9 Å². The Bertz CT molecular complexity index is 1030. The molecule has 0 radical (unpaired) electrons. The number of para-hydroxylation sites is 1. The molecule has 1 fully saturated rings. The van der Waals surface area contributed by atoms with Gasteiger partial charge >= 0.3 is 0 Å². The lowest BCUT2D eigenvalue weighted by Gasteiger charge is -2.32. The number of nitro groups is 1. The van der Waals surface area contributed by atoms with Crippen molar-refractivity contribution in [3.63, 3.8) is 0 Å². The van der Waals surface area contributed by atoms with Gasteiger partial charge in [0.15, 0.2) is 0 Å². The molecule has 0 saturated carbocycles. The predicted molar refractivity (Wildman–Crippen MR) is 115 cm³/mol. The number of hydrogen-bond acceptors (Lipinski definition) is 3. The van der Waals surface area contributed by atoms with E-state index < -0.39 is 0 Å². The first-order chi connectivity index (χ1) is 14.6. The van der Waals surface area contributed by atoms with Crippen LogP contribution in [0.25, 0.3) is 11.1 Å². The van der Waals surface area contributed by atoms with Crippen LogP contribution >= 0.6 is 0 Å². The van der Waals surface area contributed by atoms with Crippen molar-refractivity contribution >= 4 is 11.6 Å². The number of nitrogens with one attached hydrogen (secondary N) is 1. The second kappa shape index (κ2) is 8.88. The maximum Gasteiger partial charge on any atom is 0.278 e. The van der Waals surface area contributed by atoms with E-state index in [-0.39, 0.29) is 16.5 Å². The minimum Gasteiger partial charge on any atom is -0.328 e. The van der Waals surface area contributed by atoms with Gasteiger partial charge in [-0.25, -0.2) is 0 Å². The number of quaternary nitrogens is 1. The summed E-state index contributed by atoms with van der Waals surface area (Å²) in [6.07, 6.45) is 0. The SMILES string of the molecule is O=C(c1ccc(-c2ccccc2)cc1)N1CC[NH+](Cc2ccccc2[N+](=O)[O-])CC1. The fourth-order valence-electron chi connectivity index (χ4n) is 3.93. The van der Waals surface area contributed by atoms with Gasteiger partial charge in [0.2, 0.25) is 0 Å². The Balaban J connectivity index is 1.36. The Labute approximate surface area is 175 Å². The molecule has 0 aliphatic carbocycles. The molecule has 0 bridgehead atoms. The summed E-state index contributed by atoms with van der Waals surface area (Å²) in [5.74, 6) is 0.0411. The number of amides is 1. The van der Waals surface area contributed by atoms with E-state index in [2.05, 4.69) is 12.1 Å². The minimum absolute atomic E-state index is 0.0411. The van der Waals surface area contributed by atoms with Crippen LogP contribution in [0.5, 0.6) is 0 Å². The molecule has 1 aliphatic rings. The smallest absolute Gasteiger partial charge is 0.278 e. The largest absolute Gasteiger partial charge is 0.328 e. The van der Waals surface area contributed by atoms with Crippen LogP contribution in [-0.4, -0.2) is 41.9 Å². The summed E-state index contributed by atoms with van der Waals surface area (Å²) in [6, 6.07) is 24.7. The van der Waals surface area contributed by atoms with Gasteiger partial charge in [-0.3, -0.25) is 14.9 Å². The lowest BCUT2D eigenvalue weighted by molar-refractivity contribution is -0.917. The van der Waals surface area contributed by atoms with E-state index in [4.69, 9.17) is 0 Å². The second-order valence-corrected chi connectivity index (χ2v) is 7.55. The van der Waals surface area contributed by atoms with Crippen LogP contribution in [0, 0.1) is 10.1 Å². The first-order valence-electron chi connectivity index (χ1n) is 10.1. The molecule has 0 atom stereocenters. The molecule has 3 aromatic carbocycles. The third kappa shape index (κ3) is 4.39. The summed E-state index contributed by atoms with van der Waals surface area (Å²) in [5, 5.41) is 11.2. The molecule has 3 aromatic rings. The summed E-state index contributed by atoms with van der Waals surface area (Å²) in [6.45, 7) is 3.45. The number of hydrogen-bond donors (Lipinski definition) is 1. The molecule has 1 saturated heterocycles. The highest BCUT2D eigenvalue weighted by Crippen LogP contribution is 2.20. The number of rotatable bonds is 5. The third-order valence-corrected chi connectivity index (χ3v) is 5.63. The summed E-state index contributed by atoms with van der Waals surface area (Å²) in [4.78, 5) is 26.9. The Morgan fingerprint density at radius 1 is 0.867 bits per heavy atom. The maximum absolute atomic E-state index is 12.9. The van der Waals surface area contributed by atoms with Crippen molar-refractivity contribution in [3.05, 3.63) is 100 Å². The molecule has 1 heterocycles. The van der Waals surface area contributed by atoms with Gasteiger partial charge in [-0.15, -0.1) is 0 Å². The standard InChI is InChI=1S/C24H23N3O3/c28-24(21-12-10-20(11-13-21)19-6-2-1-3-7-19)26-16-14-25(15-17-26)18-22-8-4-5-9-23(22)27(29)30/h1-13H,14-18H2/p+1. The van der Waals surface area contributed by atoms with Crippen molar-refractivity contribution in [2.45, 2.75) is 6.54 Å². The van der Waals surface area contributed by atoms with Gasteiger partial charge in [-0.2, -0.15) is 0 Å². The molecule has 0 unspecified atom stereocenters. The molecule has 4 rings (SSSR count). The molecule has 6 nitrogen and oxygen atoms in total. The zero-order chi connectivity index (χ0) is 20.9. The van der Waals surface area contributed by atoms with Crippen molar-refractivity contribution in [2.24, 2.45) is 0 Å². The van der Waals surface area contributed by atoms with Crippen molar-refractivity contribution in [2.75, 3.05) is 26.2 Å². The fourth-order valence-corrected chi connectivity index (χ4v) is 3.93. The average Bonchev–Trinajstić information content (AvgIpc) is 2.80. The lowest BCUT2D eigenvalue weighted by atomic mass is 10.0. The first kappa shape index (κ1) is 19.8. The average molecular weight is 402 g/mol. The van der Waals surface area contributed by atoms with Gasteiger partial charge in [0.05, 0.1) is 36.7 Å². The van der Waals surface area contributed by atoms with E-state index in [0.717, 1.165) is 29.8 Å². The Morgan fingerprint density at radius 3 is 2.13 bits per heavy atom. The van der Waals surface area contributed by atoms with Crippen LogP contribution in [-0.2, 0) is 6.54 Å². The van der Waals surface area contributed by atoms with Gasteiger partial charge in [0.1, 0.15) is 6.54 Å². The summed E-state index contributed by atoms with van der Waals surface area (Å²) < 4.78 is 0. The third-order valence-electron chi connectivity index (χ3n) is 5.63. The highest BCUT2D eigenvalue weighted by atomic mass is 16.6. The number of carbonyl (C=O) groups excluding carboxylic acids is 1. The van der Waals surface area contributed by atoms with Crippen molar-refractivity contribution in [3.8, 4) is 11.1 Å². The molecule has 0 spiro atoms. The molecule has 1 aliphatic heterocycles. The van der Waals surface area contributed by atoms with Crippen molar-refractivity contribution in [1.29, 1.82) is 0 Å². The second-order valence-electron chi connectivity index (χ2n) is 7.55. The summed E-state index contributed by atoms with van der Waals surface area (Å²) in [7, 11) is 0. The monoisotopic (exact) mass is 402 g/mol. The summed E-state index contributed by atoms with van der Waals surface area (Å²) in [5.41, 5.74) is 3.82. The Hall–Kier alpha value is -3.51. The number of nitro benzene ring substituents is 1. The van der Waals surface area contributed by atoms with Crippen LogP contribution in [0.4, 0.5) is 5.69 Å². The lowest BCUT2D eigenvalue weighted by Crippen LogP contribution is -3.13. The molecule has 152 valence electrons. The summed E-state index contributed by atoms with van der Waals surface area (Å²) >= 11 is 0. The van der Waals surface area contributed by atoms with Crippen LogP contribution in [0.1, 0.15) is 15.9 Å². The van der Waals surface area contributed by atoms with Crippen LogP contribution < -0.4 is 4.90 Å². The van der Waals surface area contributed by atoms with Crippen molar-refractivity contribution in [1.82, 2.24) is 4.90 Å². The molecule has 0 aromatic heterocycles. The maximum atomic E-state index is 12.9. The highest BCUT2D eigenvalue weighted by Gasteiger charge is 2.26. The van der Waals surface area contributed by atoms with Crippen LogP contribution in [0.3, 0.4) is 0 Å². The normalized spacial score (nSPS) is 14.5. The van der Waals surface area contributed by atoms with E-state index in [0.29, 0.717) is 25.2 Å². The van der Waals surface area contributed by atoms with Crippen molar-refractivity contribution < 1.29 is 14.6 Å². The van der Waals surface area contributed by atoms with Gasteiger partial charge in [0, 0.05) is 11.6 Å². The molecule has 1 amide bonds. The number of piperazine rings is 1. The van der Waals surface area contributed by atoms with Crippen LogP contribution in [0.2, 0.25) is 0 Å². The predicted octanol–water partition coefficient (Wildman–Crippen LogP) is 2.80. The van der Waals surface area contributed by atoms with E-state index in [1.807, 2.05) is 59.5 Å². The quantitative estimate of drug-likeness (QED) is 0.527. The first-order valence-corrected chi connectivity index (χ1v) is 10.1. The Morgan fingerprint density at radius 2 is 1.47 bits per heavy atom. The van der Waals surface area contributed by atoms with E-state index >= 15 is 0 Å².